The van der Waals surface area contributed by atoms with Gasteiger partial charge in [0.05, 0.1) is 37.6 Å². The lowest BCUT2D eigenvalue weighted by molar-refractivity contribution is -0.129. The number of halogens is 2. The molecule has 16 heteroatoms. The zero-order chi connectivity index (χ0) is 51.6. The van der Waals surface area contributed by atoms with Crippen LogP contribution in [0.15, 0.2) is 67.0 Å². The molecule has 3 saturated carbocycles. The molecular formula is C57H69F2N9O5. The van der Waals surface area contributed by atoms with Gasteiger partial charge in [-0.2, -0.15) is 15.5 Å². The second-order valence-electron chi connectivity index (χ2n) is 23.0. The molecule has 0 radical (unpaired) electrons. The second kappa shape index (κ2) is 19.4. The maximum atomic E-state index is 14.7. The Bertz CT molecular complexity index is 2900. The van der Waals surface area contributed by atoms with Crippen molar-refractivity contribution in [1.29, 1.82) is 5.26 Å². The molecule has 73 heavy (non-hydrogen) atoms. The number of carbonyl (C=O) groups is 2. The number of likely N-dealkylation sites (tertiary alicyclic amines) is 1. The summed E-state index contributed by atoms with van der Waals surface area (Å²) in [6, 6.07) is 18.6. The lowest BCUT2D eigenvalue weighted by Gasteiger charge is -2.60. The Kier molecular flexibility index (Phi) is 13.3. The van der Waals surface area contributed by atoms with Crippen LogP contribution in [-0.2, 0) is 31.2 Å². The third-order valence-corrected chi connectivity index (χ3v) is 16.9. The van der Waals surface area contributed by atoms with Gasteiger partial charge in [0, 0.05) is 105 Å². The van der Waals surface area contributed by atoms with Gasteiger partial charge in [-0.1, -0.05) is 27.7 Å². The molecule has 0 atom stereocenters. The monoisotopic (exact) mass is 998 g/mol. The minimum absolute atomic E-state index is 0.00188. The Balaban J connectivity index is 0.000000494. The lowest BCUT2D eigenvalue weighted by Crippen LogP contribution is -2.63. The fourth-order valence-electron chi connectivity index (χ4n) is 13.7. The Morgan fingerprint density at radius 1 is 0.932 bits per heavy atom. The summed E-state index contributed by atoms with van der Waals surface area (Å²) in [7, 11) is 3.25. The number of alkyl halides is 2. The highest BCUT2D eigenvalue weighted by Crippen LogP contribution is 2.59. The second-order valence-corrected chi connectivity index (χ2v) is 23.0. The zero-order valence-electron chi connectivity index (χ0n) is 43.3. The average Bonchev–Trinajstić information content (AvgIpc) is 3.96. The summed E-state index contributed by atoms with van der Waals surface area (Å²) in [4.78, 5) is 32.5. The van der Waals surface area contributed by atoms with Crippen molar-refractivity contribution in [1.82, 2.24) is 34.7 Å². The molecule has 1 saturated heterocycles. The van der Waals surface area contributed by atoms with Crippen molar-refractivity contribution in [2.24, 2.45) is 23.3 Å². The van der Waals surface area contributed by atoms with E-state index in [-0.39, 0.29) is 52.1 Å². The van der Waals surface area contributed by atoms with Gasteiger partial charge in [0.1, 0.15) is 23.3 Å². The lowest BCUT2D eigenvalue weighted by atomic mass is 9.52. The summed E-state index contributed by atoms with van der Waals surface area (Å²) in [6.07, 6.45) is 11.1. The van der Waals surface area contributed by atoms with Crippen LogP contribution in [0.5, 0.6) is 17.2 Å². The molecule has 5 heterocycles. The molecule has 0 unspecified atom stereocenters. The van der Waals surface area contributed by atoms with Crippen molar-refractivity contribution >= 4 is 23.3 Å². The number of methoxy groups -OCH3 is 1. The number of carbonyl (C=O) groups excluding carboxylic acids is 2. The van der Waals surface area contributed by atoms with E-state index < -0.39 is 6.43 Å². The van der Waals surface area contributed by atoms with Crippen LogP contribution in [0.4, 0.5) is 20.3 Å². The van der Waals surface area contributed by atoms with E-state index in [1.54, 1.807) is 37.1 Å². The largest absolute Gasteiger partial charge is 0.508 e. The van der Waals surface area contributed by atoms with E-state index in [4.69, 9.17) is 24.9 Å². The maximum absolute atomic E-state index is 14.7. The van der Waals surface area contributed by atoms with Gasteiger partial charge in [-0.25, -0.2) is 8.78 Å². The number of benzene rings is 3. The smallest absolute Gasteiger partial charge is 0.264 e. The van der Waals surface area contributed by atoms with E-state index in [0.29, 0.717) is 59.1 Å². The van der Waals surface area contributed by atoms with Crippen LogP contribution in [-0.4, -0.2) is 97.8 Å². The van der Waals surface area contributed by atoms with E-state index in [0.717, 1.165) is 92.8 Å². The Labute approximate surface area is 427 Å². The molecule has 3 aliphatic carbocycles. The first-order valence-corrected chi connectivity index (χ1v) is 26.0. The number of hydrogen-bond donors (Lipinski definition) is 2. The van der Waals surface area contributed by atoms with Crippen LogP contribution >= 0.6 is 0 Å². The molecule has 3 aromatic carbocycles. The van der Waals surface area contributed by atoms with Crippen LogP contribution in [0, 0.1) is 27.6 Å². The summed E-state index contributed by atoms with van der Waals surface area (Å²) in [5.74, 6) is 2.16. The van der Waals surface area contributed by atoms with Gasteiger partial charge in [-0.3, -0.25) is 19.0 Å². The predicted octanol–water partition coefficient (Wildman–Crippen LogP) is 10.1. The molecule has 386 valence electrons. The van der Waals surface area contributed by atoms with Crippen LogP contribution in [0.25, 0.3) is 11.1 Å². The van der Waals surface area contributed by atoms with Crippen LogP contribution in [0.1, 0.15) is 137 Å². The molecule has 3 aliphatic heterocycles. The number of nitrogens with one attached hydrogen (secondary N) is 1. The molecular weight excluding hydrogens is 929 g/mol. The summed E-state index contributed by atoms with van der Waals surface area (Å²) in [6.45, 7) is 14.4. The number of amides is 2. The summed E-state index contributed by atoms with van der Waals surface area (Å²) in [5, 5.41) is 30.4. The maximum Gasteiger partial charge on any atom is 0.264 e. The minimum Gasteiger partial charge on any atom is -0.508 e. The van der Waals surface area contributed by atoms with Gasteiger partial charge in [-0.15, -0.1) is 0 Å². The highest BCUT2D eigenvalue weighted by Gasteiger charge is 2.56. The van der Waals surface area contributed by atoms with Gasteiger partial charge in [0.25, 0.3) is 12.3 Å². The number of fused-ring (bicyclic) bond motifs is 2. The number of ether oxygens (including phenoxy) is 2. The topological polar surface area (TPSA) is 154 Å². The number of aromatic hydroxyl groups is 1. The number of phenols is 1. The van der Waals surface area contributed by atoms with Crippen LogP contribution in [0.2, 0.25) is 0 Å². The standard InChI is InChI=1S/C49H62F2N8O3.C8H7NO2/c1-30(60)57-19-15-41-40(28-57)44(58-16-7-8-32-20-38(33-26-52-55(6)27-33)39(43(50)51)21-42(32)58)54-59(41)34-13-17-56(18-14-34)35-22-49(23-35)24-37(25-49)62-36-11-9-31(10-12-36)45(61)53-46-47(2,3)29-48(46,4)5;1-11-8-4-7(10)3-2-6(8)5-9/h9-12,20-21,26-27,34-35,37,43,46H,7-8,13-19,22-25,28-29H2,1-6H3,(H,53,61);2-4,10H,1H3. The number of anilines is 2. The first-order chi connectivity index (χ1) is 34.8. The quantitative estimate of drug-likeness (QED) is 0.138. The number of aromatic nitrogens is 4. The average molecular weight is 998 g/mol. The third kappa shape index (κ3) is 9.77. The first kappa shape index (κ1) is 50.1. The molecule has 5 aromatic rings. The van der Waals surface area contributed by atoms with Crippen molar-refractivity contribution in [2.75, 3.05) is 38.2 Å². The highest BCUT2D eigenvalue weighted by atomic mass is 19.3. The van der Waals surface area contributed by atoms with Gasteiger partial charge < -0.3 is 34.6 Å². The molecule has 2 N–H and O–H groups in total. The summed E-state index contributed by atoms with van der Waals surface area (Å²) >= 11 is 0. The molecule has 11 rings (SSSR count). The van der Waals surface area contributed by atoms with E-state index >= 15 is 0 Å². The number of nitrogens with zero attached hydrogens (tertiary/aromatic N) is 8. The molecule has 6 aliphatic rings. The first-order valence-electron chi connectivity index (χ1n) is 26.0. The number of piperidine rings is 1. The van der Waals surface area contributed by atoms with Crippen molar-refractivity contribution in [2.45, 2.75) is 136 Å². The van der Waals surface area contributed by atoms with Crippen LogP contribution < -0.4 is 19.7 Å². The van der Waals surface area contributed by atoms with E-state index in [9.17, 15) is 18.4 Å². The fourth-order valence-corrected chi connectivity index (χ4v) is 13.7. The van der Waals surface area contributed by atoms with Crippen molar-refractivity contribution in [3.8, 4) is 34.4 Å². The van der Waals surface area contributed by atoms with E-state index in [1.807, 2.05) is 41.3 Å². The molecule has 0 bridgehead atoms. The Morgan fingerprint density at radius 2 is 1.66 bits per heavy atom. The molecule has 1 spiro atoms. The Morgan fingerprint density at radius 3 is 2.29 bits per heavy atom. The van der Waals surface area contributed by atoms with E-state index in [2.05, 4.69) is 52.6 Å². The number of aryl methyl sites for hydroxylation is 2. The number of rotatable bonds is 10. The Hall–Kier alpha value is -6.47. The number of hydrogen-bond acceptors (Lipinski definition) is 10. The van der Waals surface area contributed by atoms with Gasteiger partial charge in [0.15, 0.2) is 5.82 Å². The minimum atomic E-state index is -2.64. The van der Waals surface area contributed by atoms with Gasteiger partial charge in [0.2, 0.25) is 5.91 Å². The summed E-state index contributed by atoms with van der Waals surface area (Å²) in [5.41, 5.74) is 6.97. The van der Waals surface area contributed by atoms with E-state index in [1.165, 1.54) is 43.8 Å². The zero-order valence-corrected chi connectivity index (χ0v) is 43.3. The number of nitriles is 1. The van der Waals surface area contributed by atoms with Crippen molar-refractivity contribution in [3.63, 3.8) is 0 Å². The molecule has 2 aromatic heterocycles. The normalized spacial score (nSPS) is 23.2. The third-order valence-electron chi connectivity index (χ3n) is 16.9. The predicted molar refractivity (Wildman–Crippen MR) is 274 cm³/mol. The summed E-state index contributed by atoms with van der Waals surface area (Å²) < 4.78 is 44.6. The molecule has 4 fully saturated rings. The fraction of sp³-hybridized carbons (Fsp3) is 0.526. The molecule has 14 nitrogen and oxygen atoms in total. The molecule has 2 amide bonds. The van der Waals surface area contributed by atoms with Crippen molar-refractivity contribution in [3.05, 3.63) is 101 Å². The van der Waals surface area contributed by atoms with Gasteiger partial charge >= 0.3 is 0 Å². The SMILES string of the molecule is CC(=O)N1CCc2c(c(N3CCCc4cc(-c5cnn(C)c5)c(C(F)F)cc43)nn2C2CCN(C3CC4(CC(Oc5ccc(C(=O)NC6C(C)(C)CC6(C)C)cc5)C4)C3)CC2)C1.COc1cc(O)ccc1C#N. The van der Waals surface area contributed by atoms with Crippen LogP contribution in [0.3, 0.4) is 0 Å². The highest BCUT2D eigenvalue weighted by molar-refractivity contribution is 5.94. The number of phenolic OH excluding ortho intramolecular Hbond substituents is 1. The van der Waals surface area contributed by atoms with Gasteiger partial charge in [-0.05, 0) is 134 Å². The van der Waals surface area contributed by atoms with Crippen molar-refractivity contribution < 1.29 is 33.0 Å².